The second kappa shape index (κ2) is 7.96. The van der Waals surface area contributed by atoms with Crippen molar-refractivity contribution in [3.05, 3.63) is 23.4 Å². The highest BCUT2D eigenvalue weighted by atomic mass is 35.5. The molecule has 3 aliphatic heterocycles. The molecule has 8 nitrogen and oxygen atoms in total. The summed E-state index contributed by atoms with van der Waals surface area (Å²) < 4.78 is 11.2. The topological polar surface area (TPSA) is 112 Å². The Hall–Kier alpha value is -1.94. The molecule has 1 atom stereocenters. The second-order valence-corrected chi connectivity index (χ2v) is 9.43. The Labute approximate surface area is 184 Å². The van der Waals surface area contributed by atoms with Crippen LogP contribution in [0.5, 0.6) is 5.75 Å². The van der Waals surface area contributed by atoms with E-state index in [2.05, 4.69) is 20.2 Å². The number of nitrogens with zero attached hydrogens (tertiary/aromatic N) is 3. The lowest BCUT2D eigenvalue weighted by Crippen LogP contribution is -2.49. The number of nitrogen functional groups attached to an aromatic ring is 1. The van der Waals surface area contributed by atoms with Crippen LogP contribution in [0, 0.1) is 5.41 Å². The Morgan fingerprint density at radius 1 is 1.30 bits per heavy atom. The minimum Gasteiger partial charge on any atom is -0.490 e. The van der Waals surface area contributed by atoms with Gasteiger partial charge in [-0.3, -0.25) is 0 Å². The van der Waals surface area contributed by atoms with Gasteiger partial charge in [0.15, 0.2) is 5.82 Å². The van der Waals surface area contributed by atoms with E-state index in [4.69, 9.17) is 32.5 Å². The lowest BCUT2D eigenvalue weighted by molar-refractivity contribution is 0.131. The molecule has 5 N–H and O–H groups in total. The highest BCUT2D eigenvalue weighted by Crippen LogP contribution is 2.44. The Morgan fingerprint density at radius 3 is 2.87 bits per heavy atom. The third-order valence-electron chi connectivity index (χ3n) is 6.24. The second-order valence-electron chi connectivity index (χ2n) is 8.02. The van der Waals surface area contributed by atoms with Gasteiger partial charge in [0.25, 0.3) is 0 Å². The van der Waals surface area contributed by atoms with E-state index in [0.29, 0.717) is 29.1 Å². The maximum Gasteiger partial charge on any atom is 0.158 e. The van der Waals surface area contributed by atoms with E-state index in [-0.39, 0.29) is 11.5 Å². The molecule has 5 rings (SSSR count). The van der Waals surface area contributed by atoms with Gasteiger partial charge in [-0.15, -0.1) is 0 Å². The van der Waals surface area contributed by atoms with Gasteiger partial charge in [-0.25, -0.2) is 9.97 Å². The van der Waals surface area contributed by atoms with Gasteiger partial charge in [0.05, 0.1) is 30.1 Å². The third-order valence-corrected chi connectivity index (χ3v) is 7.82. The summed E-state index contributed by atoms with van der Waals surface area (Å²) in [6.45, 7) is 4.52. The van der Waals surface area contributed by atoms with Crippen LogP contribution in [0.1, 0.15) is 12.8 Å². The molecular weight excluding hydrogens is 424 g/mol. The number of nitrogens with one attached hydrogen (secondary N) is 1. The van der Waals surface area contributed by atoms with Crippen molar-refractivity contribution in [3.8, 4) is 5.75 Å². The van der Waals surface area contributed by atoms with Crippen molar-refractivity contribution in [2.45, 2.75) is 28.8 Å². The molecule has 0 radical (unpaired) electrons. The average Bonchev–Trinajstić information content (AvgIpc) is 3.11. The van der Waals surface area contributed by atoms with Crippen molar-refractivity contribution in [2.24, 2.45) is 11.1 Å². The quantitative estimate of drug-likeness (QED) is 0.652. The Morgan fingerprint density at radius 2 is 2.13 bits per heavy atom. The molecule has 0 aliphatic carbocycles. The van der Waals surface area contributed by atoms with Crippen molar-refractivity contribution < 1.29 is 9.47 Å². The number of anilines is 3. The normalized spacial score (nSPS) is 22.5. The Kier molecular flexibility index (Phi) is 5.30. The first kappa shape index (κ1) is 20.0. The van der Waals surface area contributed by atoms with Crippen LogP contribution in [0.2, 0.25) is 5.02 Å². The van der Waals surface area contributed by atoms with Crippen LogP contribution in [0.4, 0.5) is 17.3 Å². The summed E-state index contributed by atoms with van der Waals surface area (Å²) >= 11 is 7.98. The van der Waals surface area contributed by atoms with Gasteiger partial charge in [-0.05, 0) is 25.0 Å². The van der Waals surface area contributed by atoms with Crippen LogP contribution in [-0.2, 0) is 4.74 Å². The smallest absolute Gasteiger partial charge is 0.158 e. The number of benzene rings is 1. The standard InChI is InChI=1S/C20H25ClN6O2S/c21-16-13(2-1-12-17(16)24-5-8-29-12)30-19-18(23)26-15(9-25-19)27-6-3-20(4-7-27)11-28-10-14(20)22/h1-2,9,14,24H,3-8,10-11,22H2,(H2,23,26)/t14-/m1/s1. The molecule has 10 heteroatoms. The van der Waals surface area contributed by atoms with Gasteiger partial charge in [-0.2, -0.15) is 0 Å². The zero-order valence-electron chi connectivity index (χ0n) is 16.6. The molecule has 0 amide bonds. The predicted octanol–water partition coefficient (Wildman–Crippen LogP) is 2.61. The average molecular weight is 449 g/mol. The first-order valence-electron chi connectivity index (χ1n) is 10.1. The van der Waals surface area contributed by atoms with E-state index in [0.717, 1.165) is 61.2 Å². The lowest BCUT2D eigenvalue weighted by Gasteiger charge is -2.41. The zero-order valence-corrected chi connectivity index (χ0v) is 18.1. The van der Waals surface area contributed by atoms with Gasteiger partial charge in [0, 0.05) is 36.0 Å². The van der Waals surface area contributed by atoms with E-state index in [1.807, 2.05) is 12.1 Å². The molecule has 2 saturated heterocycles. The lowest BCUT2D eigenvalue weighted by atomic mass is 9.75. The third kappa shape index (κ3) is 3.53. The van der Waals surface area contributed by atoms with Gasteiger partial charge in [-0.1, -0.05) is 23.4 Å². The zero-order chi connectivity index (χ0) is 20.7. The molecule has 0 unspecified atom stereocenters. The molecule has 2 aromatic rings. The first-order valence-corrected chi connectivity index (χ1v) is 11.3. The molecule has 30 heavy (non-hydrogen) atoms. The van der Waals surface area contributed by atoms with Crippen LogP contribution in [0.15, 0.2) is 28.3 Å². The number of hydrogen-bond acceptors (Lipinski definition) is 9. The SMILES string of the molecule is Nc1nc(N2CCC3(CC2)COC[C@H]3N)cnc1Sc1ccc2c(c1Cl)NCCO2. The molecule has 0 bridgehead atoms. The van der Waals surface area contributed by atoms with E-state index in [9.17, 15) is 0 Å². The minimum atomic E-state index is 0.103. The monoisotopic (exact) mass is 448 g/mol. The molecular formula is C20H25ClN6O2S. The number of rotatable bonds is 3. The summed E-state index contributed by atoms with van der Waals surface area (Å²) in [4.78, 5) is 12.3. The number of fused-ring (bicyclic) bond motifs is 1. The number of halogens is 1. The molecule has 1 aromatic heterocycles. The van der Waals surface area contributed by atoms with E-state index in [1.54, 1.807) is 6.20 Å². The number of ether oxygens (including phenoxy) is 2. The number of nitrogens with two attached hydrogens (primary N) is 2. The molecule has 1 aromatic carbocycles. The van der Waals surface area contributed by atoms with Crippen LogP contribution in [-0.4, -0.2) is 55.5 Å². The molecule has 2 fully saturated rings. The van der Waals surface area contributed by atoms with Crippen molar-refractivity contribution in [1.29, 1.82) is 0 Å². The van der Waals surface area contributed by atoms with Gasteiger partial charge in [0.2, 0.25) is 0 Å². The van der Waals surface area contributed by atoms with Gasteiger partial charge >= 0.3 is 0 Å². The van der Waals surface area contributed by atoms with Crippen molar-refractivity contribution in [3.63, 3.8) is 0 Å². The Balaban J connectivity index is 1.30. The van der Waals surface area contributed by atoms with E-state index >= 15 is 0 Å². The molecule has 160 valence electrons. The van der Waals surface area contributed by atoms with Crippen LogP contribution >= 0.6 is 23.4 Å². The molecule has 0 saturated carbocycles. The number of aromatic nitrogens is 2. The number of hydrogen-bond donors (Lipinski definition) is 3. The predicted molar refractivity (Wildman–Crippen MR) is 119 cm³/mol. The fraction of sp³-hybridized carbons (Fsp3) is 0.500. The maximum atomic E-state index is 6.57. The summed E-state index contributed by atoms with van der Waals surface area (Å²) in [6.07, 6.45) is 3.77. The van der Waals surface area contributed by atoms with Crippen molar-refractivity contribution >= 4 is 40.7 Å². The summed E-state index contributed by atoms with van der Waals surface area (Å²) in [5, 5.41) is 4.53. The van der Waals surface area contributed by atoms with E-state index < -0.39 is 0 Å². The first-order chi connectivity index (χ1) is 14.6. The number of piperidine rings is 1. The van der Waals surface area contributed by atoms with Crippen LogP contribution in [0.3, 0.4) is 0 Å². The van der Waals surface area contributed by atoms with Crippen molar-refractivity contribution in [1.82, 2.24) is 9.97 Å². The summed E-state index contributed by atoms with van der Waals surface area (Å²) in [6, 6.07) is 3.95. The molecule has 3 aliphatic rings. The maximum absolute atomic E-state index is 6.57. The summed E-state index contributed by atoms with van der Waals surface area (Å²) in [7, 11) is 0. The fourth-order valence-corrected chi connectivity index (χ4v) is 5.46. The van der Waals surface area contributed by atoms with Crippen molar-refractivity contribution in [2.75, 3.05) is 55.4 Å². The van der Waals surface area contributed by atoms with E-state index in [1.165, 1.54) is 11.8 Å². The summed E-state index contributed by atoms with van der Waals surface area (Å²) in [5.74, 6) is 1.96. The minimum absolute atomic E-state index is 0.103. The van der Waals surface area contributed by atoms with Gasteiger partial charge < -0.3 is 31.2 Å². The Bertz CT molecular complexity index is 953. The highest BCUT2D eigenvalue weighted by molar-refractivity contribution is 7.99. The highest BCUT2D eigenvalue weighted by Gasteiger charge is 2.44. The molecule has 1 spiro atoms. The van der Waals surface area contributed by atoms with Crippen LogP contribution in [0.25, 0.3) is 0 Å². The summed E-state index contributed by atoms with van der Waals surface area (Å²) in [5.41, 5.74) is 13.5. The van der Waals surface area contributed by atoms with Crippen LogP contribution < -0.4 is 26.4 Å². The van der Waals surface area contributed by atoms with Gasteiger partial charge in [0.1, 0.15) is 23.2 Å². The molecule has 4 heterocycles. The fourth-order valence-electron chi connectivity index (χ4n) is 4.33. The largest absolute Gasteiger partial charge is 0.490 e.